The van der Waals surface area contributed by atoms with Crippen LogP contribution in [-0.4, -0.2) is 24.2 Å². The van der Waals surface area contributed by atoms with Crippen molar-refractivity contribution in [3.63, 3.8) is 0 Å². The molecule has 1 rings (SSSR count). The molecule has 0 aliphatic rings. The van der Waals surface area contributed by atoms with Gasteiger partial charge in [-0.15, -0.1) is 0 Å². The molecule has 1 aromatic rings. The SMILES string of the molecule is CC(C)(CCCO)CNC(=O)c1cc(F)c(Cl)cc1Cl. The van der Waals surface area contributed by atoms with Crippen LogP contribution in [0.25, 0.3) is 0 Å². The summed E-state index contributed by atoms with van der Waals surface area (Å²) in [5.41, 5.74) is -0.0953. The van der Waals surface area contributed by atoms with E-state index in [9.17, 15) is 9.18 Å². The van der Waals surface area contributed by atoms with E-state index in [-0.39, 0.29) is 27.6 Å². The van der Waals surface area contributed by atoms with E-state index in [2.05, 4.69) is 5.32 Å². The summed E-state index contributed by atoms with van der Waals surface area (Å²) in [7, 11) is 0. The highest BCUT2D eigenvalue weighted by Crippen LogP contribution is 2.25. The van der Waals surface area contributed by atoms with Crippen molar-refractivity contribution in [2.45, 2.75) is 26.7 Å². The first-order chi connectivity index (χ1) is 9.26. The average molecular weight is 322 g/mol. The van der Waals surface area contributed by atoms with Crippen molar-refractivity contribution in [1.82, 2.24) is 5.32 Å². The average Bonchev–Trinajstić information content (AvgIpc) is 2.38. The molecule has 0 saturated heterocycles. The normalized spacial score (nSPS) is 11.5. The zero-order chi connectivity index (χ0) is 15.3. The molecular formula is C14H18Cl2FNO2. The van der Waals surface area contributed by atoms with Gasteiger partial charge in [-0.05, 0) is 30.4 Å². The van der Waals surface area contributed by atoms with Crippen molar-refractivity contribution in [3.8, 4) is 0 Å². The van der Waals surface area contributed by atoms with Crippen LogP contribution in [0, 0.1) is 11.2 Å². The first kappa shape index (κ1) is 17.2. The third-order valence-electron chi connectivity index (χ3n) is 2.99. The summed E-state index contributed by atoms with van der Waals surface area (Å²) < 4.78 is 13.4. The van der Waals surface area contributed by atoms with Crippen LogP contribution in [0.1, 0.15) is 37.0 Å². The van der Waals surface area contributed by atoms with Gasteiger partial charge in [0.1, 0.15) is 5.82 Å². The Kier molecular flexibility index (Phi) is 6.24. The Labute approximate surface area is 128 Å². The van der Waals surface area contributed by atoms with Crippen LogP contribution in [0.2, 0.25) is 10.0 Å². The summed E-state index contributed by atoms with van der Waals surface area (Å²) in [5.74, 6) is -1.12. The van der Waals surface area contributed by atoms with E-state index in [0.29, 0.717) is 13.0 Å². The molecule has 112 valence electrons. The molecule has 0 fully saturated rings. The van der Waals surface area contributed by atoms with Crippen molar-refractivity contribution < 1.29 is 14.3 Å². The molecule has 0 heterocycles. The first-order valence-corrected chi connectivity index (χ1v) is 7.06. The van der Waals surface area contributed by atoms with Crippen LogP contribution in [-0.2, 0) is 0 Å². The molecule has 1 aromatic carbocycles. The van der Waals surface area contributed by atoms with E-state index >= 15 is 0 Å². The maximum absolute atomic E-state index is 13.4. The molecule has 0 spiro atoms. The zero-order valence-electron chi connectivity index (χ0n) is 11.5. The maximum atomic E-state index is 13.4. The van der Waals surface area contributed by atoms with Gasteiger partial charge >= 0.3 is 0 Å². The van der Waals surface area contributed by atoms with E-state index in [0.717, 1.165) is 12.5 Å². The van der Waals surface area contributed by atoms with Gasteiger partial charge in [0.15, 0.2) is 0 Å². The van der Waals surface area contributed by atoms with E-state index in [4.69, 9.17) is 28.3 Å². The van der Waals surface area contributed by atoms with Crippen molar-refractivity contribution >= 4 is 29.1 Å². The molecule has 6 heteroatoms. The summed E-state index contributed by atoms with van der Waals surface area (Å²) in [6, 6.07) is 2.24. The van der Waals surface area contributed by atoms with Crippen molar-refractivity contribution in [2.24, 2.45) is 5.41 Å². The van der Waals surface area contributed by atoms with Gasteiger partial charge in [-0.2, -0.15) is 0 Å². The molecule has 0 atom stereocenters. The summed E-state index contributed by atoms with van der Waals surface area (Å²) >= 11 is 11.5. The van der Waals surface area contributed by atoms with Crippen molar-refractivity contribution in [1.29, 1.82) is 0 Å². The highest BCUT2D eigenvalue weighted by Gasteiger charge is 2.20. The molecule has 1 amide bonds. The highest BCUT2D eigenvalue weighted by atomic mass is 35.5. The summed E-state index contributed by atoms with van der Waals surface area (Å²) in [4.78, 5) is 12.0. The number of halogens is 3. The Hall–Kier alpha value is -0.840. The minimum absolute atomic E-state index is 0.0616. The molecule has 0 radical (unpaired) electrons. The standard InChI is InChI=1S/C14H18Cl2FNO2/c1-14(2,4-3-5-19)8-18-13(20)9-6-12(17)11(16)7-10(9)15/h6-7,19H,3-5,8H2,1-2H3,(H,18,20). The lowest BCUT2D eigenvalue weighted by Gasteiger charge is -2.24. The second kappa shape index (κ2) is 7.25. The number of hydrogen-bond acceptors (Lipinski definition) is 2. The largest absolute Gasteiger partial charge is 0.396 e. The smallest absolute Gasteiger partial charge is 0.252 e. The lowest BCUT2D eigenvalue weighted by Crippen LogP contribution is -2.34. The van der Waals surface area contributed by atoms with E-state index in [1.165, 1.54) is 6.07 Å². The highest BCUT2D eigenvalue weighted by molar-refractivity contribution is 6.36. The van der Waals surface area contributed by atoms with E-state index < -0.39 is 11.7 Å². The Morgan fingerprint density at radius 3 is 2.60 bits per heavy atom. The Morgan fingerprint density at radius 1 is 1.35 bits per heavy atom. The zero-order valence-corrected chi connectivity index (χ0v) is 13.0. The lowest BCUT2D eigenvalue weighted by molar-refractivity contribution is 0.0932. The van der Waals surface area contributed by atoms with Crippen LogP contribution in [0.5, 0.6) is 0 Å². The summed E-state index contributed by atoms with van der Waals surface area (Å²) in [6.45, 7) is 4.48. The minimum atomic E-state index is -0.680. The van der Waals surface area contributed by atoms with Crippen LogP contribution in [0.15, 0.2) is 12.1 Å². The van der Waals surface area contributed by atoms with E-state index in [1.54, 1.807) is 0 Å². The van der Waals surface area contributed by atoms with Crippen LogP contribution >= 0.6 is 23.2 Å². The fourth-order valence-electron chi connectivity index (χ4n) is 1.76. The predicted octanol–water partition coefficient (Wildman–Crippen LogP) is 3.66. The lowest BCUT2D eigenvalue weighted by atomic mass is 9.88. The molecule has 0 unspecified atom stereocenters. The number of nitrogens with one attached hydrogen (secondary N) is 1. The first-order valence-electron chi connectivity index (χ1n) is 6.30. The molecule has 0 aliphatic heterocycles. The van der Waals surface area contributed by atoms with Gasteiger partial charge < -0.3 is 10.4 Å². The van der Waals surface area contributed by atoms with Gasteiger partial charge in [-0.3, -0.25) is 4.79 Å². The fourth-order valence-corrected chi connectivity index (χ4v) is 2.23. The van der Waals surface area contributed by atoms with Gasteiger partial charge in [-0.1, -0.05) is 37.0 Å². The summed E-state index contributed by atoms with van der Waals surface area (Å²) in [6.07, 6.45) is 1.44. The molecule has 2 N–H and O–H groups in total. The number of rotatable bonds is 6. The molecule has 0 aliphatic carbocycles. The number of amides is 1. The number of hydrogen-bond donors (Lipinski definition) is 2. The molecule has 0 saturated carbocycles. The third kappa shape index (κ3) is 4.93. The third-order valence-corrected chi connectivity index (χ3v) is 3.60. The van der Waals surface area contributed by atoms with Gasteiger partial charge in [0.05, 0.1) is 15.6 Å². The molecule has 20 heavy (non-hydrogen) atoms. The molecular weight excluding hydrogens is 304 g/mol. The van der Waals surface area contributed by atoms with Crippen molar-refractivity contribution in [2.75, 3.05) is 13.2 Å². The molecule has 0 bridgehead atoms. The second-order valence-corrected chi connectivity index (χ2v) is 6.23. The summed E-state index contributed by atoms with van der Waals surface area (Å²) in [5, 5.41) is 11.5. The molecule has 3 nitrogen and oxygen atoms in total. The maximum Gasteiger partial charge on any atom is 0.252 e. The number of carbonyl (C=O) groups excluding carboxylic acids is 1. The van der Waals surface area contributed by atoms with Gasteiger partial charge in [0.25, 0.3) is 5.91 Å². The van der Waals surface area contributed by atoms with E-state index in [1.807, 2.05) is 13.8 Å². The van der Waals surface area contributed by atoms with Gasteiger partial charge in [0, 0.05) is 13.2 Å². The van der Waals surface area contributed by atoms with Crippen molar-refractivity contribution in [3.05, 3.63) is 33.6 Å². The van der Waals surface area contributed by atoms with Gasteiger partial charge in [0.2, 0.25) is 0 Å². The molecule has 0 aromatic heterocycles. The number of aliphatic hydroxyl groups excluding tert-OH is 1. The Balaban J connectivity index is 2.70. The fraction of sp³-hybridized carbons (Fsp3) is 0.500. The second-order valence-electron chi connectivity index (χ2n) is 5.42. The number of aliphatic hydroxyl groups is 1. The van der Waals surface area contributed by atoms with Gasteiger partial charge in [-0.25, -0.2) is 4.39 Å². The van der Waals surface area contributed by atoms with Crippen LogP contribution in [0.3, 0.4) is 0 Å². The predicted molar refractivity (Wildman–Crippen MR) is 78.9 cm³/mol. The number of benzene rings is 1. The minimum Gasteiger partial charge on any atom is -0.396 e. The van der Waals surface area contributed by atoms with Crippen LogP contribution < -0.4 is 5.32 Å². The Bertz CT molecular complexity index is 492. The van der Waals surface area contributed by atoms with Crippen LogP contribution in [0.4, 0.5) is 4.39 Å². The Morgan fingerprint density at radius 2 is 2.00 bits per heavy atom. The number of carbonyl (C=O) groups is 1. The monoisotopic (exact) mass is 321 g/mol. The topological polar surface area (TPSA) is 49.3 Å². The quantitative estimate of drug-likeness (QED) is 0.785.